The number of nitrogens with zero attached hydrogens (tertiary/aromatic N) is 4. The van der Waals surface area contributed by atoms with E-state index < -0.39 is 5.97 Å². The fourth-order valence-corrected chi connectivity index (χ4v) is 3.31. The molecule has 10 heteroatoms. The molecule has 0 aromatic carbocycles. The van der Waals surface area contributed by atoms with Crippen molar-refractivity contribution in [3.63, 3.8) is 0 Å². The van der Waals surface area contributed by atoms with Gasteiger partial charge in [0, 0.05) is 24.2 Å². The number of hydrogen-bond donors (Lipinski definition) is 4. The van der Waals surface area contributed by atoms with Crippen LogP contribution in [-0.2, 0) is 0 Å². The van der Waals surface area contributed by atoms with Crippen LogP contribution in [0.2, 0.25) is 0 Å². The number of carbonyl (C=O) groups is 1. The number of aromatic nitrogens is 4. The molecule has 0 amide bonds. The molecule has 3 rings (SSSR count). The summed E-state index contributed by atoms with van der Waals surface area (Å²) in [6, 6.07) is 3.69. The monoisotopic (exact) mass is 387 g/mol. The van der Waals surface area contributed by atoms with E-state index in [0.29, 0.717) is 28.5 Å². The lowest BCUT2D eigenvalue weighted by atomic mass is 10.1. The number of hydrogen-bond acceptors (Lipinski definition) is 9. The first-order valence-corrected chi connectivity index (χ1v) is 9.52. The minimum Gasteiger partial charge on any atom is -0.476 e. The van der Waals surface area contributed by atoms with Gasteiger partial charge in [0.05, 0.1) is 5.52 Å². The van der Waals surface area contributed by atoms with Gasteiger partial charge in [-0.2, -0.15) is 4.98 Å². The number of thiazole rings is 1. The fraction of sp³-hybridized carbons (Fsp3) is 0.353. The van der Waals surface area contributed by atoms with Crippen LogP contribution in [0.4, 0.5) is 16.9 Å². The summed E-state index contributed by atoms with van der Waals surface area (Å²) >= 11 is 1.27. The van der Waals surface area contributed by atoms with Gasteiger partial charge in [-0.15, -0.1) is 11.3 Å². The van der Waals surface area contributed by atoms with Crippen molar-refractivity contribution in [3.05, 3.63) is 29.4 Å². The molecule has 0 spiro atoms. The van der Waals surface area contributed by atoms with Crippen molar-refractivity contribution in [3.8, 4) is 0 Å². The van der Waals surface area contributed by atoms with Gasteiger partial charge < -0.3 is 21.5 Å². The normalized spacial score (nSPS) is 12.0. The van der Waals surface area contributed by atoms with E-state index in [0.717, 1.165) is 19.3 Å². The van der Waals surface area contributed by atoms with Gasteiger partial charge in [-0.3, -0.25) is 4.98 Å². The van der Waals surface area contributed by atoms with Crippen LogP contribution in [-0.4, -0.2) is 43.6 Å². The number of carboxylic acids is 1. The number of fused-ring (bicyclic) bond motifs is 1. The minimum absolute atomic E-state index is 0.0411. The highest BCUT2D eigenvalue weighted by atomic mass is 32.1. The molecule has 0 fully saturated rings. The van der Waals surface area contributed by atoms with E-state index in [9.17, 15) is 4.79 Å². The van der Waals surface area contributed by atoms with Gasteiger partial charge in [0.2, 0.25) is 5.95 Å². The molecule has 0 unspecified atom stereocenters. The topological polar surface area (TPSA) is 139 Å². The van der Waals surface area contributed by atoms with Crippen LogP contribution in [0.15, 0.2) is 23.7 Å². The maximum Gasteiger partial charge on any atom is 0.355 e. The Labute approximate surface area is 160 Å². The highest BCUT2D eigenvalue weighted by molar-refractivity contribution is 7.13. The van der Waals surface area contributed by atoms with Gasteiger partial charge in [-0.05, 0) is 18.6 Å². The molecule has 27 heavy (non-hydrogen) atoms. The molecule has 0 aliphatic rings. The number of nitrogens with one attached hydrogen (secondary N) is 2. The van der Waals surface area contributed by atoms with Gasteiger partial charge >= 0.3 is 5.97 Å². The van der Waals surface area contributed by atoms with Crippen LogP contribution in [0.25, 0.3) is 11.0 Å². The van der Waals surface area contributed by atoms with E-state index in [4.69, 9.17) is 10.8 Å². The van der Waals surface area contributed by atoms with Gasteiger partial charge in [-0.1, -0.05) is 19.8 Å². The van der Waals surface area contributed by atoms with E-state index in [2.05, 4.69) is 37.5 Å². The summed E-state index contributed by atoms with van der Waals surface area (Å²) in [6.07, 6.45) is 4.68. The molecule has 3 aromatic rings. The molecule has 0 aliphatic heterocycles. The average molecular weight is 387 g/mol. The quantitative estimate of drug-likeness (QED) is 0.436. The van der Waals surface area contributed by atoms with E-state index in [1.807, 2.05) is 6.07 Å². The zero-order chi connectivity index (χ0) is 19.2. The smallest absolute Gasteiger partial charge is 0.355 e. The third kappa shape index (κ3) is 4.79. The van der Waals surface area contributed by atoms with E-state index in [1.54, 1.807) is 12.3 Å². The summed E-state index contributed by atoms with van der Waals surface area (Å²) in [6.45, 7) is 2.69. The Hall–Kier alpha value is -3.01. The third-order valence-corrected chi connectivity index (χ3v) is 4.74. The van der Waals surface area contributed by atoms with Crippen LogP contribution in [0.5, 0.6) is 0 Å². The molecule has 0 radical (unpaired) electrons. The Bertz CT molecular complexity index is 931. The Morgan fingerprint density at radius 1 is 1.37 bits per heavy atom. The van der Waals surface area contributed by atoms with Crippen molar-refractivity contribution in [2.45, 2.75) is 32.2 Å². The molecule has 3 aromatic heterocycles. The van der Waals surface area contributed by atoms with Crippen molar-refractivity contribution >= 4 is 45.2 Å². The molecular formula is C17H21N7O2S. The third-order valence-electron chi connectivity index (χ3n) is 3.94. The second-order valence-corrected chi connectivity index (χ2v) is 6.87. The van der Waals surface area contributed by atoms with Crippen molar-refractivity contribution in [1.29, 1.82) is 0 Å². The minimum atomic E-state index is -1.03. The van der Waals surface area contributed by atoms with Crippen LogP contribution >= 0.6 is 11.3 Å². The molecule has 0 saturated heterocycles. The molecule has 0 aliphatic carbocycles. The Kier molecular flexibility index (Phi) is 5.97. The molecule has 142 valence electrons. The first kappa shape index (κ1) is 18.8. The molecule has 3 heterocycles. The molecule has 9 nitrogen and oxygen atoms in total. The second-order valence-electron chi connectivity index (χ2n) is 6.01. The van der Waals surface area contributed by atoms with Crippen molar-refractivity contribution in [1.82, 2.24) is 19.9 Å². The largest absolute Gasteiger partial charge is 0.476 e. The highest BCUT2D eigenvalue weighted by Gasteiger charge is 2.15. The summed E-state index contributed by atoms with van der Waals surface area (Å²) in [7, 11) is 0. The van der Waals surface area contributed by atoms with Crippen LogP contribution in [0.3, 0.4) is 0 Å². The van der Waals surface area contributed by atoms with Crippen molar-refractivity contribution in [2.75, 3.05) is 22.9 Å². The van der Waals surface area contributed by atoms with Crippen molar-refractivity contribution in [2.24, 2.45) is 0 Å². The van der Waals surface area contributed by atoms with Crippen molar-refractivity contribution < 1.29 is 9.90 Å². The molecular weight excluding hydrogens is 366 g/mol. The van der Waals surface area contributed by atoms with E-state index >= 15 is 0 Å². The van der Waals surface area contributed by atoms with Crippen LogP contribution in [0, 0.1) is 0 Å². The summed E-state index contributed by atoms with van der Waals surface area (Å²) in [5.41, 5.74) is 7.21. The summed E-state index contributed by atoms with van der Waals surface area (Å²) < 4.78 is 0. The average Bonchev–Trinajstić information content (AvgIpc) is 3.13. The number of rotatable bonds is 9. The zero-order valence-corrected chi connectivity index (χ0v) is 15.7. The summed E-state index contributed by atoms with van der Waals surface area (Å²) in [5, 5.41) is 17.7. The van der Waals surface area contributed by atoms with Gasteiger partial charge in [-0.25, -0.2) is 14.8 Å². The van der Waals surface area contributed by atoms with Crippen LogP contribution < -0.4 is 16.4 Å². The number of nitrogen functional groups attached to an aromatic ring is 1. The Morgan fingerprint density at radius 2 is 2.22 bits per heavy atom. The standard InChI is InChI=1S/C17H21N7O2S/c1-2-3-5-10(8-20-17-23-12(9-27-17)15(25)26)21-14-13-11(6-4-7-19-13)22-16(18)24-14/h4,6-7,9-10H,2-3,5,8H2,1H3,(H,20,23)(H,25,26)(H3,18,21,22,24)/t10-/m1/s1. The maximum atomic E-state index is 11.0. The second kappa shape index (κ2) is 8.58. The number of carboxylic acid groups (broad SMARTS) is 1. The van der Waals surface area contributed by atoms with Crippen LogP contribution in [0.1, 0.15) is 36.7 Å². The number of anilines is 3. The number of nitrogens with two attached hydrogens (primary N) is 1. The van der Waals surface area contributed by atoms with Gasteiger partial charge in [0.15, 0.2) is 16.6 Å². The Balaban J connectivity index is 1.75. The zero-order valence-electron chi connectivity index (χ0n) is 14.8. The predicted molar refractivity (Wildman–Crippen MR) is 106 cm³/mol. The highest BCUT2D eigenvalue weighted by Crippen LogP contribution is 2.21. The van der Waals surface area contributed by atoms with E-state index in [-0.39, 0.29) is 17.7 Å². The van der Waals surface area contributed by atoms with Gasteiger partial charge in [0.1, 0.15) is 5.52 Å². The lowest BCUT2D eigenvalue weighted by molar-refractivity contribution is 0.0691. The van der Waals surface area contributed by atoms with Gasteiger partial charge in [0.25, 0.3) is 0 Å². The Morgan fingerprint density at radius 3 is 2.96 bits per heavy atom. The first-order valence-electron chi connectivity index (χ1n) is 8.64. The lowest BCUT2D eigenvalue weighted by Gasteiger charge is -2.20. The SMILES string of the molecule is CCCC[C@H](CNc1nc(C(=O)O)cs1)Nc1nc(N)nc2cccnc12. The number of aromatic carboxylic acids is 1. The summed E-state index contributed by atoms with van der Waals surface area (Å²) in [4.78, 5) is 27.9. The predicted octanol–water partition coefficient (Wildman–Crippen LogP) is 2.84. The molecule has 5 N–H and O–H groups in total. The number of pyridine rings is 1. The first-order chi connectivity index (χ1) is 13.1. The molecule has 0 saturated carbocycles. The maximum absolute atomic E-state index is 11.0. The fourth-order valence-electron chi connectivity index (χ4n) is 2.62. The molecule has 0 bridgehead atoms. The number of unbranched alkanes of at least 4 members (excludes halogenated alkanes) is 1. The molecule has 1 atom stereocenters. The summed E-state index contributed by atoms with van der Waals surface area (Å²) in [5.74, 6) is -0.258. The van der Waals surface area contributed by atoms with E-state index in [1.165, 1.54) is 16.7 Å². The lowest BCUT2D eigenvalue weighted by Crippen LogP contribution is -2.29.